The van der Waals surface area contributed by atoms with Crippen LogP contribution < -0.4 is 5.32 Å². The van der Waals surface area contributed by atoms with E-state index < -0.39 is 17.6 Å². The molecule has 6 nitrogen and oxygen atoms in total. The molecule has 0 radical (unpaired) electrons. The lowest BCUT2D eigenvalue weighted by molar-refractivity contribution is -0.123. The van der Waals surface area contributed by atoms with Crippen molar-refractivity contribution in [3.8, 4) is 6.07 Å². The number of Topliss-reactive ketones (excluding diaryl/α,β-unsaturated/α-hetero) is 1. The molecule has 1 amide bonds. The van der Waals surface area contributed by atoms with E-state index in [0.717, 1.165) is 5.56 Å². The number of aromatic nitrogens is 2. The zero-order valence-electron chi connectivity index (χ0n) is 13.1. The Bertz CT molecular complexity index is 731. The molecule has 2 aromatic rings. The van der Waals surface area contributed by atoms with E-state index >= 15 is 0 Å². The molecule has 0 fully saturated rings. The van der Waals surface area contributed by atoms with E-state index in [1.54, 1.807) is 13.1 Å². The molecule has 0 saturated carbocycles. The molecule has 0 aliphatic rings. The molecule has 118 valence electrons. The van der Waals surface area contributed by atoms with Crippen LogP contribution in [0.2, 0.25) is 0 Å². The Balaban J connectivity index is 2.14. The molecule has 6 heteroatoms. The standard InChI is InChI=1S/C17H18N4O2/c1-3-15(12-7-5-4-6-8-12)20-17(23)14(9-18)16(22)13-10-19-21(2)11-13/h4-8,10-11,14-15H,3H2,1-2H3,(H,20,23)/t14-,15+/m0/s1. The van der Waals surface area contributed by atoms with Gasteiger partial charge in [0, 0.05) is 13.2 Å². The van der Waals surface area contributed by atoms with Crippen LogP contribution in [0, 0.1) is 17.2 Å². The van der Waals surface area contributed by atoms with Crippen LogP contribution in [0.25, 0.3) is 0 Å². The summed E-state index contributed by atoms with van der Waals surface area (Å²) in [6.45, 7) is 1.93. The van der Waals surface area contributed by atoms with Crippen molar-refractivity contribution in [2.24, 2.45) is 13.0 Å². The number of nitrogens with one attached hydrogen (secondary N) is 1. The summed E-state index contributed by atoms with van der Waals surface area (Å²) in [5, 5.41) is 15.9. The van der Waals surface area contributed by atoms with Crippen molar-refractivity contribution < 1.29 is 9.59 Å². The largest absolute Gasteiger partial charge is 0.348 e. The quantitative estimate of drug-likeness (QED) is 0.653. The Morgan fingerprint density at radius 2 is 2.04 bits per heavy atom. The van der Waals surface area contributed by atoms with Crippen LogP contribution in [-0.4, -0.2) is 21.5 Å². The summed E-state index contributed by atoms with van der Waals surface area (Å²) in [6.07, 6.45) is 3.51. The Hall–Kier alpha value is -2.94. The maximum absolute atomic E-state index is 12.4. The van der Waals surface area contributed by atoms with Gasteiger partial charge >= 0.3 is 0 Å². The summed E-state index contributed by atoms with van der Waals surface area (Å²) < 4.78 is 1.46. The number of carbonyl (C=O) groups excluding carboxylic acids is 2. The van der Waals surface area contributed by atoms with Crippen LogP contribution in [0.15, 0.2) is 42.7 Å². The highest BCUT2D eigenvalue weighted by atomic mass is 16.2. The van der Waals surface area contributed by atoms with Gasteiger partial charge in [-0.3, -0.25) is 14.3 Å². The lowest BCUT2D eigenvalue weighted by Gasteiger charge is -2.18. The molecule has 23 heavy (non-hydrogen) atoms. The van der Waals surface area contributed by atoms with E-state index in [2.05, 4.69) is 10.4 Å². The zero-order chi connectivity index (χ0) is 16.8. The average Bonchev–Trinajstić information content (AvgIpc) is 3.00. The maximum atomic E-state index is 12.4. The second-order valence-electron chi connectivity index (χ2n) is 5.21. The molecular formula is C17H18N4O2. The van der Waals surface area contributed by atoms with E-state index in [4.69, 9.17) is 0 Å². The number of amides is 1. The highest BCUT2D eigenvalue weighted by Gasteiger charge is 2.29. The summed E-state index contributed by atoms with van der Waals surface area (Å²) in [5.74, 6) is -2.50. The minimum Gasteiger partial charge on any atom is -0.348 e. The molecule has 1 aromatic heterocycles. The number of hydrogen-bond donors (Lipinski definition) is 1. The minimum absolute atomic E-state index is 0.235. The molecule has 0 spiro atoms. The summed E-state index contributed by atoms with van der Waals surface area (Å²) in [5.41, 5.74) is 1.19. The van der Waals surface area contributed by atoms with Gasteiger partial charge in [-0.2, -0.15) is 10.4 Å². The number of nitriles is 1. The number of hydrogen-bond acceptors (Lipinski definition) is 4. The first-order chi connectivity index (χ1) is 11.1. The highest BCUT2D eigenvalue weighted by molar-refractivity contribution is 6.11. The molecule has 0 saturated heterocycles. The second-order valence-corrected chi connectivity index (χ2v) is 5.21. The van der Waals surface area contributed by atoms with Crippen molar-refractivity contribution in [3.05, 3.63) is 53.9 Å². The van der Waals surface area contributed by atoms with Crippen LogP contribution in [0.1, 0.15) is 35.3 Å². The van der Waals surface area contributed by atoms with Gasteiger partial charge in [0.1, 0.15) is 0 Å². The first-order valence-corrected chi connectivity index (χ1v) is 7.34. The molecule has 0 unspecified atom stereocenters. The smallest absolute Gasteiger partial charge is 0.245 e. The molecule has 1 aromatic carbocycles. The molecular weight excluding hydrogens is 292 g/mol. The van der Waals surface area contributed by atoms with E-state index in [-0.39, 0.29) is 11.6 Å². The first kappa shape index (κ1) is 16.4. The maximum Gasteiger partial charge on any atom is 0.245 e. The van der Waals surface area contributed by atoms with Crippen molar-refractivity contribution >= 4 is 11.7 Å². The molecule has 1 heterocycles. The molecule has 1 N–H and O–H groups in total. The SMILES string of the molecule is CC[C@@H](NC(=O)[C@@H](C#N)C(=O)c1cnn(C)c1)c1ccccc1. The van der Waals surface area contributed by atoms with Crippen LogP contribution in [-0.2, 0) is 11.8 Å². The van der Waals surface area contributed by atoms with Crippen molar-refractivity contribution in [2.45, 2.75) is 19.4 Å². The molecule has 2 atom stereocenters. The van der Waals surface area contributed by atoms with Crippen molar-refractivity contribution in [1.82, 2.24) is 15.1 Å². The number of carbonyl (C=O) groups is 2. The van der Waals surface area contributed by atoms with Crippen LogP contribution in [0.4, 0.5) is 0 Å². The predicted octanol–water partition coefficient (Wildman–Crippen LogP) is 2.01. The van der Waals surface area contributed by atoms with Crippen molar-refractivity contribution in [1.29, 1.82) is 5.26 Å². The fourth-order valence-corrected chi connectivity index (χ4v) is 2.31. The number of ketones is 1. The van der Waals surface area contributed by atoms with Crippen molar-refractivity contribution in [3.63, 3.8) is 0 Å². The van der Waals surface area contributed by atoms with Gasteiger partial charge in [0.2, 0.25) is 5.91 Å². The third kappa shape index (κ3) is 3.83. The van der Waals surface area contributed by atoms with Gasteiger partial charge in [-0.25, -0.2) is 0 Å². The molecule has 2 rings (SSSR count). The molecule has 0 bridgehead atoms. The number of aryl methyl sites for hydroxylation is 1. The topological polar surface area (TPSA) is 87.8 Å². The van der Waals surface area contributed by atoms with Crippen LogP contribution in [0.3, 0.4) is 0 Å². The molecule has 0 aliphatic carbocycles. The summed E-state index contributed by atoms with van der Waals surface area (Å²) >= 11 is 0. The molecule has 0 aliphatic heterocycles. The lowest BCUT2D eigenvalue weighted by Crippen LogP contribution is -2.37. The van der Waals surface area contributed by atoms with Gasteiger partial charge in [0.15, 0.2) is 11.7 Å². The number of benzene rings is 1. The van der Waals surface area contributed by atoms with Crippen LogP contribution >= 0.6 is 0 Å². The summed E-state index contributed by atoms with van der Waals surface area (Å²) in [7, 11) is 1.67. The Labute approximate surface area is 134 Å². The van der Waals surface area contributed by atoms with E-state index in [1.165, 1.54) is 17.1 Å². The fourth-order valence-electron chi connectivity index (χ4n) is 2.31. The third-order valence-electron chi connectivity index (χ3n) is 3.57. The van der Waals surface area contributed by atoms with Crippen LogP contribution in [0.5, 0.6) is 0 Å². The zero-order valence-corrected chi connectivity index (χ0v) is 13.1. The average molecular weight is 310 g/mol. The first-order valence-electron chi connectivity index (χ1n) is 7.34. The Morgan fingerprint density at radius 3 is 2.57 bits per heavy atom. The monoisotopic (exact) mass is 310 g/mol. The predicted molar refractivity (Wildman–Crippen MR) is 84.3 cm³/mol. The third-order valence-corrected chi connectivity index (χ3v) is 3.57. The van der Waals surface area contributed by atoms with Gasteiger partial charge in [0.25, 0.3) is 0 Å². The van der Waals surface area contributed by atoms with Gasteiger partial charge in [-0.15, -0.1) is 0 Å². The summed E-state index contributed by atoms with van der Waals surface area (Å²) in [4.78, 5) is 24.7. The Kier molecular flexibility index (Phi) is 5.26. The van der Waals surface area contributed by atoms with Gasteiger partial charge < -0.3 is 5.32 Å². The van der Waals surface area contributed by atoms with E-state index in [0.29, 0.717) is 6.42 Å². The normalized spacial score (nSPS) is 12.9. The number of rotatable bonds is 6. The second kappa shape index (κ2) is 7.36. The van der Waals surface area contributed by atoms with E-state index in [1.807, 2.05) is 37.3 Å². The minimum atomic E-state index is -1.38. The highest BCUT2D eigenvalue weighted by Crippen LogP contribution is 2.17. The van der Waals surface area contributed by atoms with Crippen molar-refractivity contribution in [2.75, 3.05) is 0 Å². The van der Waals surface area contributed by atoms with Gasteiger partial charge in [-0.05, 0) is 12.0 Å². The van der Waals surface area contributed by atoms with Gasteiger partial charge in [-0.1, -0.05) is 37.3 Å². The Morgan fingerprint density at radius 1 is 1.35 bits per heavy atom. The number of nitrogens with zero attached hydrogens (tertiary/aromatic N) is 3. The fraction of sp³-hybridized carbons (Fsp3) is 0.294. The van der Waals surface area contributed by atoms with E-state index in [9.17, 15) is 14.9 Å². The lowest BCUT2D eigenvalue weighted by atomic mass is 9.98. The summed E-state index contributed by atoms with van der Waals surface area (Å²) in [6, 6.07) is 11.0. The van der Waals surface area contributed by atoms with Gasteiger partial charge in [0.05, 0.1) is 23.9 Å².